The van der Waals surface area contributed by atoms with Crippen LogP contribution in [-0.2, 0) is 0 Å². The van der Waals surface area contributed by atoms with Crippen LogP contribution in [0.2, 0.25) is 0 Å². The first kappa shape index (κ1) is 14.7. The number of benzene rings is 2. The second-order valence-electron chi connectivity index (χ2n) is 4.98. The average molecular weight is 304 g/mol. The Morgan fingerprint density at radius 1 is 0.957 bits per heavy atom. The molecular formula is C18H16N4O. The third-order valence-corrected chi connectivity index (χ3v) is 3.38. The standard InChI is InChI=1S/C18H16N4O/c1-22(15-10-6-3-7-11-15)18(23)16-12-17(20-13-19-16)21-14-8-4-2-5-9-14/h2-13H,1H3,(H,19,20,21). The summed E-state index contributed by atoms with van der Waals surface area (Å²) in [5, 5.41) is 3.16. The first-order valence-corrected chi connectivity index (χ1v) is 7.21. The van der Waals surface area contributed by atoms with Crippen molar-refractivity contribution < 1.29 is 4.79 Å². The maximum Gasteiger partial charge on any atom is 0.276 e. The van der Waals surface area contributed by atoms with Gasteiger partial charge >= 0.3 is 0 Å². The van der Waals surface area contributed by atoms with E-state index in [1.807, 2.05) is 60.7 Å². The van der Waals surface area contributed by atoms with Crippen LogP contribution in [0.15, 0.2) is 73.1 Å². The Kier molecular flexibility index (Phi) is 4.29. The lowest BCUT2D eigenvalue weighted by molar-refractivity contribution is 0.0988. The quantitative estimate of drug-likeness (QED) is 0.801. The lowest BCUT2D eigenvalue weighted by Crippen LogP contribution is -2.27. The first-order chi connectivity index (χ1) is 11.2. The van der Waals surface area contributed by atoms with Crippen molar-refractivity contribution in [2.24, 2.45) is 0 Å². The molecule has 0 aliphatic heterocycles. The van der Waals surface area contributed by atoms with Gasteiger partial charge in [0.05, 0.1) is 0 Å². The summed E-state index contributed by atoms with van der Waals surface area (Å²) in [6, 6.07) is 20.8. The molecule has 0 aliphatic rings. The average Bonchev–Trinajstić information content (AvgIpc) is 2.62. The molecular weight excluding hydrogens is 288 g/mol. The summed E-state index contributed by atoms with van der Waals surface area (Å²) < 4.78 is 0. The third kappa shape index (κ3) is 3.52. The number of anilines is 3. The highest BCUT2D eigenvalue weighted by Gasteiger charge is 2.15. The topological polar surface area (TPSA) is 58.1 Å². The number of aromatic nitrogens is 2. The van der Waals surface area contributed by atoms with E-state index in [1.54, 1.807) is 18.0 Å². The van der Waals surface area contributed by atoms with E-state index in [1.165, 1.54) is 6.33 Å². The van der Waals surface area contributed by atoms with Gasteiger partial charge in [0.1, 0.15) is 17.8 Å². The van der Waals surface area contributed by atoms with Crippen molar-refractivity contribution in [3.05, 3.63) is 78.8 Å². The molecule has 0 bridgehead atoms. The third-order valence-electron chi connectivity index (χ3n) is 3.38. The molecule has 1 heterocycles. The van der Waals surface area contributed by atoms with E-state index in [9.17, 15) is 4.79 Å². The highest BCUT2D eigenvalue weighted by atomic mass is 16.2. The zero-order valence-corrected chi connectivity index (χ0v) is 12.7. The highest BCUT2D eigenvalue weighted by molar-refractivity contribution is 6.04. The van der Waals surface area contributed by atoms with Crippen LogP contribution in [0.3, 0.4) is 0 Å². The van der Waals surface area contributed by atoms with Gasteiger partial charge in [0.2, 0.25) is 0 Å². The Balaban J connectivity index is 1.80. The Bertz CT molecular complexity index is 790. The van der Waals surface area contributed by atoms with Crippen molar-refractivity contribution in [1.29, 1.82) is 0 Å². The van der Waals surface area contributed by atoms with Crippen molar-refractivity contribution in [1.82, 2.24) is 9.97 Å². The van der Waals surface area contributed by atoms with Gasteiger partial charge in [-0.3, -0.25) is 4.79 Å². The Labute approximate surface area is 134 Å². The van der Waals surface area contributed by atoms with Gasteiger partial charge in [0.25, 0.3) is 5.91 Å². The van der Waals surface area contributed by atoms with Crippen LogP contribution < -0.4 is 10.2 Å². The zero-order chi connectivity index (χ0) is 16.1. The van der Waals surface area contributed by atoms with Crippen molar-refractivity contribution in [2.45, 2.75) is 0 Å². The van der Waals surface area contributed by atoms with E-state index >= 15 is 0 Å². The van der Waals surface area contributed by atoms with E-state index in [2.05, 4.69) is 15.3 Å². The molecule has 1 N–H and O–H groups in total. The van der Waals surface area contributed by atoms with E-state index in [0.29, 0.717) is 11.5 Å². The first-order valence-electron chi connectivity index (χ1n) is 7.21. The van der Waals surface area contributed by atoms with Crippen LogP contribution in [0, 0.1) is 0 Å². The van der Waals surface area contributed by atoms with Gasteiger partial charge in [-0.1, -0.05) is 36.4 Å². The summed E-state index contributed by atoms with van der Waals surface area (Å²) in [5.41, 5.74) is 2.06. The summed E-state index contributed by atoms with van der Waals surface area (Å²) >= 11 is 0. The minimum absolute atomic E-state index is 0.185. The number of rotatable bonds is 4. The molecule has 1 aromatic heterocycles. The Morgan fingerprint density at radius 3 is 2.30 bits per heavy atom. The van der Waals surface area contributed by atoms with Crippen LogP contribution in [0.1, 0.15) is 10.5 Å². The number of hydrogen-bond donors (Lipinski definition) is 1. The van der Waals surface area contributed by atoms with Gasteiger partial charge in [0.15, 0.2) is 0 Å². The number of hydrogen-bond acceptors (Lipinski definition) is 4. The maximum atomic E-state index is 12.6. The maximum absolute atomic E-state index is 12.6. The number of amides is 1. The van der Waals surface area contributed by atoms with Crippen molar-refractivity contribution in [2.75, 3.05) is 17.3 Å². The summed E-state index contributed by atoms with van der Waals surface area (Å²) in [7, 11) is 1.73. The summed E-state index contributed by atoms with van der Waals surface area (Å²) in [6.07, 6.45) is 1.39. The number of carbonyl (C=O) groups is 1. The van der Waals surface area contributed by atoms with Crippen LogP contribution >= 0.6 is 0 Å². The summed E-state index contributed by atoms with van der Waals surface area (Å²) in [5.74, 6) is 0.394. The molecule has 0 aliphatic carbocycles. The van der Waals surface area contributed by atoms with E-state index in [4.69, 9.17) is 0 Å². The van der Waals surface area contributed by atoms with Gasteiger partial charge in [-0.05, 0) is 24.3 Å². The second-order valence-corrected chi connectivity index (χ2v) is 4.98. The second kappa shape index (κ2) is 6.70. The fourth-order valence-corrected chi connectivity index (χ4v) is 2.15. The molecule has 0 spiro atoms. The monoisotopic (exact) mass is 304 g/mol. The largest absolute Gasteiger partial charge is 0.340 e. The van der Waals surface area contributed by atoms with Gasteiger partial charge in [-0.15, -0.1) is 0 Å². The number of carbonyl (C=O) groups excluding carboxylic acids is 1. The lowest BCUT2D eigenvalue weighted by atomic mass is 10.2. The fraction of sp³-hybridized carbons (Fsp3) is 0.0556. The Morgan fingerprint density at radius 2 is 1.61 bits per heavy atom. The predicted octanol–water partition coefficient (Wildman–Crippen LogP) is 3.50. The molecule has 23 heavy (non-hydrogen) atoms. The lowest BCUT2D eigenvalue weighted by Gasteiger charge is -2.17. The minimum Gasteiger partial charge on any atom is -0.340 e. The van der Waals surface area contributed by atoms with E-state index in [0.717, 1.165) is 11.4 Å². The molecule has 114 valence electrons. The SMILES string of the molecule is CN(C(=O)c1cc(Nc2ccccc2)ncn1)c1ccccc1. The minimum atomic E-state index is -0.185. The predicted molar refractivity (Wildman–Crippen MR) is 90.9 cm³/mol. The number of nitrogens with zero attached hydrogens (tertiary/aromatic N) is 3. The normalized spacial score (nSPS) is 10.1. The van der Waals surface area contributed by atoms with Gasteiger partial charge in [0, 0.05) is 24.5 Å². The molecule has 0 saturated carbocycles. The van der Waals surface area contributed by atoms with Crippen molar-refractivity contribution in [3.8, 4) is 0 Å². The van der Waals surface area contributed by atoms with Crippen LogP contribution in [-0.4, -0.2) is 22.9 Å². The van der Waals surface area contributed by atoms with Crippen molar-refractivity contribution in [3.63, 3.8) is 0 Å². The molecule has 0 atom stereocenters. The van der Waals surface area contributed by atoms with Crippen LogP contribution in [0.5, 0.6) is 0 Å². The van der Waals surface area contributed by atoms with Crippen LogP contribution in [0.25, 0.3) is 0 Å². The molecule has 3 rings (SSSR count). The molecule has 0 radical (unpaired) electrons. The van der Waals surface area contributed by atoms with E-state index in [-0.39, 0.29) is 5.91 Å². The smallest absolute Gasteiger partial charge is 0.276 e. The molecule has 1 amide bonds. The molecule has 0 unspecified atom stereocenters. The zero-order valence-electron chi connectivity index (χ0n) is 12.7. The molecule has 3 aromatic rings. The van der Waals surface area contributed by atoms with Crippen LogP contribution in [0.4, 0.5) is 17.2 Å². The van der Waals surface area contributed by atoms with Gasteiger partial charge in [-0.25, -0.2) is 9.97 Å². The number of para-hydroxylation sites is 2. The number of nitrogens with one attached hydrogen (secondary N) is 1. The highest BCUT2D eigenvalue weighted by Crippen LogP contribution is 2.17. The fourth-order valence-electron chi connectivity index (χ4n) is 2.15. The van der Waals surface area contributed by atoms with E-state index < -0.39 is 0 Å². The summed E-state index contributed by atoms with van der Waals surface area (Å²) in [4.78, 5) is 22.4. The van der Waals surface area contributed by atoms with Gasteiger partial charge in [-0.2, -0.15) is 0 Å². The molecule has 5 nitrogen and oxygen atoms in total. The summed E-state index contributed by atoms with van der Waals surface area (Å²) in [6.45, 7) is 0. The Hall–Kier alpha value is -3.21. The molecule has 5 heteroatoms. The van der Waals surface area contributed by atoms with Crippen molar-refractivity contribution >= 4 is 23.1 Å². The molecule has 0 saturated heterocycles. The van der Waals surface area contributed by atoms with Gasteiger partial charge < -0.3 is 10.2 Å². The molecule has 2 aromatic carbocycles. The molecule has 0 fully saturated rings.